The van der Waals surface area contributed by atoms with Gasteiger partial charge in [0.15, 0.2) is 0 Å². The number of carbonyl (C=O) groups excluding carboxylic acids is 1. The highest BCUT2D eigenvalue weighted by molar-refractivity contribution is 5.85. The van der Waals surface area contributed by atoms with Crippen LogP contribution in [0.1, 0.15) is 19.3 Å². The molecule has 1 heterocycles. The number of carbonyl (C=O) groups is 1. The van der Waals surface area contributed by atoms with Crippen molar-refractivity contribution < 1.29 is 4.79 Å². The third-order valence-corrected chi connectivity index (χ3v) is 3.56. The molecule has 0 saturated carbocycles. The van der Waals surface area contributed by atoms with Crippen molar-refractivity contribution in [2.24, 2.45) is 0 Å². The first-order valence-electron chi connectivity index (χ1n) is 7.02. The Labute approximate surface area is 139 Å². The summed E-state index contributed by atoms with van der Waals surface area (Å²) in [5, 5.41) is 6.33. The van der Waals surface area contributed by atoms with Gasteiger partial charge in [-0.15, -0.1) is 24.8 Å². The standard InChI is InChI=1S/C15H23N3O.2ClH/c1-18(14-7-3-2-4-8-14)11-10-17-15(19)12-13-6-5-9-16-13;;/h2-4,7-8,13,16H,5-6,9-12H2,1H3,(H,17,19);2*1H. The number of benzene rings is 1. The van der Waals surface area contributed by atoms with E-state index in [0.717, 1.165) is 19.5 Å². The molecule has 2 N–H and O–H groups in total. The predicted octanol–water partition coefficient (Wildman–Crippen LogP) is 2.22. The molecule has 1 saturated heterocycles. The van der Waals surface area contributed by atoms with Gasteiger partial charge in [0.1, 0.15) is 0 Å². The highest BCUT2D eigenvalue weighted by Crippen LogP contribution is 2.10. The predicted molar refractivity (Wildman–Crippen MR) is 92.9 cm³/mol. The Morgan fingerprint density at radius 3 is 2.67 bits per heavy atom. The molecule has 1 aromatic rings. The van der Waals surface area contributed by atoms with Crippen LogP contribution in [0.25, 0.3) is 0 Å². The van der Waals surface area contributed by atoms with Gasteiger partial charge in [-0.1, -0.05) is 18.2 Å². The monoisotopic (exact) mass is 333 g/mol. The zero-order valence-corrected chi connectivity index (χ0v) is 14.0. The summed E-state index contributed by atoms with van der Waals surface area (Å²) in [6, 6.07) is 10.6. The number of halogens is 2. The van der Waals surface area contributed by atoms with E-state index in [2.05, 4.69) is 27.7 Å². The summed E-state index contributed by atoms with van der Waals surface area (Å²) >= 11 is 0. The van der Waals surface area contributed by atoms with Gasteiger partial charge in [0.05, 0.1) is 0 Å². The molecular weight excluding hydrogens is 309 g/mol. The average Bonchev–Trinajstić information content (AvgIpc) is 2.92. The number of likely N-dealkylation sites (N-methyl/N-ethyl adjacent to an activating group) is 1. The van der Waals surface area contributed by atoms with Crippen molar-refractivity contribution in [2.75, 3.05) is 31.6 Å². The quantitative estimate of drug-likeness (QED) is 0.839. The molecule has 0 bridgehead atoms. The molecule has 1 atom stereocenters. The lowest BCUT2D eigenvalue weighted by atomic mass is 10.1. The van der Waals surface area contributed by atoms with Crippen LogP contribution in [-0.4, -0.2) is 38.6 Å². The number of rotatable bonds is 6. The Hall–Kier alpha value is -0.970. The Bertz CT molecular complexity index is 397. The Morgan fingerprint density at radius 2 is 2.05 bits per heavy atom. The Morgan fingerprint density at radius 1 is 1.33 bits per heavy atom. The summed E-state index contributed by atoms with van der Waals surface area (Å²) in [6.07, 6.45) is 2.92. The van der Waals surface area contributed by atoms with E-state index in [1.807, 2.05) is 25.2 Å². The minimum Gasteiger partial charge on any atom is -0.373 e. The van der Waals surface area contributed by atoms with Crippen LogP contribution in [0.5, 0.6) is 0 Å². The van der Waals surface area contributed by atoms with Crippen molar-refractivity contribution in [3.8, 4) is 0 Å². The number of anilines is 1. The summed E-state index contributed by atoms with van der Waals surface area (Å²) in [4.78, 5) is 13.9. The number of amides is 1. The highest BCUT2D eigenvalue weighted by Gasteiger charge is 2.17. The molecule has 120 valence electrons. The molecule has 0 radical (unpaired) electrons. The first kappa shape index (κ1) is 20.0. The van der Waals surface area contributed by atoms with E-state index >= 15 is 0 Å². The third kappa shape index (κ3) is 7.02. The summed E-state index contributed by atoms with van der Waals surface area (Å²) in [7, 11) is 2.04. The molecule has 0 spiro atoms. The van der Waals surface area contributed by atoms with E-state index in [-0.39, 0.29) is 30.7 Å². The first-order chi connectivity index (χ1) is 9.25. The molecule has 0 aliphatic carbocycles. The maximum Gasteiger partial charge on any atom is 0.221 e. The normalized spacial score (nSPS) is 16.5. The van der Waals surface area contributed by atoms with Gasteiger partial charge in [-0.2, -0.15) is 0 Å². The second-order valence-electron chi connectivity index (χ2n) is 5.10. The van der Waals surface area contributed by atoms with Crippen LogP contribution in [0.3, 0.4) is 0 Å². The fraction of sp³-hybridized carbons (Fsp3) is 0.533. The summed E-state index contributed by atoms with van der Waals surface area (Å²) in [6.45, 7) is 2.57. The van der Waals surface area contributed by atoms with Crippen LogP contribution in [-0.2, 0) is 4.79 Å². The van der Waals surface area contributed by atoms with Crippen LogP contribution >= 0.6 is 24.8 Å². The van der Waals surface area contributed by atoms with E-state index < -0.39 is 0 Å². The topological polar surface area (TPSA) is 44.4 Å². The molecule has 1 aliphatic rings. The van der Waals surface area contributed by atoms with Crippen molar-refractivity contribution in [1.29, 1.82) is 0 Å². The van der Waals surface area contributed by atoms with Crippen LogP contribution < -0.4 is 15.5 Å². The lowest BCUT2D eigenvalue weighted by Gasteiger charge is -2.19. The zero-order valence-electron chi connectivity index (χ0n) is 12.4. The molecule has 6 heteroatoms. The van der Waals surface area contributed by atoms with Crippen LogP contribution in [0.15, 0.2) is 30.3 Å². The number of nitrogens with zero attached hydrogens (tertiary/aromatic N) is 1. The average molecular weight is 334 g/mol. The lowest BCUT2D eigenvalue weighted by molar-refractivity contribution is -0.121. The van der Waals surface area contributed by atoms with Crippen molar-refractivity contribution in [3.63, 3.8) is 0 Å². The van der Waals surface area contributed by atoms with Gasteiger partial charge in [0.2, 0.25) is 5.91 Å². The molecule has 21 heavy (non-hydrogen) atoms. The molecule has 0 aromatic heterocycles. The third-order valence-electron chi connectivity index (χ3n) is 3.56. The van der Waals surface area contributed by atoms with Gasteiger partial charge in [-0.05, 0) is 31.5 Å². The van der Waals surface area contributed by atoms with Crippen LogP contribution in [0, 0.1) is 0 Å². The summed E-state index contributed by atoms with van der Waals surface area (Å²) in [5.74, 6) is 0.154. The fourth-order valence-electron chi connectivity index (χ4n) is 2.40. The number of hydrogen-bond donors (Lipinski definition) is 2. The molecule has 1 amide bonds. The molecule has 2 rings (SSSR count). The molecule has 4 nitrogen and oxygen atoms in total. The van der Waals surface area contributed by atoms with Gasteiger partial charge in [-0.3, -0.25) is 4.79 Å². The Balaban J connectivity index is 0.00000200. The van der Waals surface area contributed by atoms with Gasteiger partial charge >= 0.3 is 0 Å². The van der Waals surface area contributed by atoms with Gasteiger partial charge in [0, 0.05) is 38.3 Å². The minimum atomic E-state index is 0. The maximum absolute atomic E-state index is 11.7. The fourth-order valence-corrected chi connectivity index (χ4v) is 2.40. The minimum absolute atomic E-state index is 0. The van der Waals surface area contributed by atoms with Crippen molar-refractivity contribution >= 4 is 36.4 Å². The van der Waals surface area contributed by atoms with Gasteiger partial charge < -0.3 is 15.5 Å². The van der Waals surface area contributed by atoms with Crippen molar-refractivity contribution in [2.45, 2.75) is 25.3 Å². The first-order valence-corrected chi connectivity index (χ1v) is 7.02. The van der Waals surface area contributed by atoms with Crippen molar-refractivity contribution in [3.05, 3.63) is 30.3 Å². The molecular formula is C15H25Cl2N3O. The van der Waals surface area contributed by atoms with E-state index in [1.54, 1.807) is 0 Å². The molecule has 1 unspecified atom stereocenters. The second-order valence-corrected chi connectivity index (χ2v) is 5.10. The molecule has 1 aromatic carbocycles. The molecule has 1 fully saturated rings. The van der Waals surface area contributed by atoms with E-state index in [1.165, 1.54) is 12.1 Å². The van der Waals surface area contributed by atoms with E-state index in [9.17, 15) is 4.79 Å². The summed E-state index contributed by atoms with van der Waals surface area (Å²) in [5.41, 5.74) is 1.18. The SMILES string of the molecule is CN(CCNC(=O)CC1CCCN1)c1ccccc1.Cl.Cl. The van der Waals surface area contributed by atoms with Crippen LogP contribution in [0.4, 0.5) is 5.69 Å². The van der Waals surface area contributed by atoms with Crippen LogP contribution in [0.2, 0.25) is 0 Å². The van der Waals surface area contributed by atoms with E-state index in [0.29, 0.717) is 19.0 Å². The van der Waals surface area contributed by atoms with E-state index in [4.69, 9.17) is 0 Å². The number of nitrogens with one attached hydrogen (secondary N) is 2. The zero-order chi connectivity index (χ0) is 13.5. The largest absolute Gasteiger partial charge is 0.373 e. The maximum atomic E-state index is 11.7. The second kappa shape index (κ2) is 10.7. The Kier molecular flexibility index (Phi) is 10.2. The van der Waals surface area contributed by atoms with Gasteiger partial charge in [-0.25, -0.2) is 0 Å². The number of para-hydroxylation sites is 1. The summed E-state index contributed by atoms with van der Waals surface area (Å²) < 4.78 is 0. The van der Waals surface area contributed by atoms with Crippen molar-refractivity contribution in [1.82, 2.24) is 10.6 Å². The number of hydrogen-bond acceptors (Lipinski definition) is 3. The smallest absolute Gasteiger partial charge is 0.221 e. The van der Waals surface area contributed by atoms with Gasteiger partial charge in [0.25, 0.3) is 0 Å². The lowest BCUT2D eigenvalue weighted by Crippen LogP contribution is -2.36. The highest BCUT2D eigenvalue weighted by atomic mass is 35.5. The molecule has 1 aliphatic heterocycles.